The molecular weight excluding hydrogens is 494 g/mol. The minimum absolute atomic E-state index is 0.0529. The van der Waals surface area contributed by atoms with E-state index < -0.39 is 32.8 Å². The Morgan fingerprint density at radius 1 is 1.27 bits per heavy atom. The van der Waals surface area contributed by atoms with Gasteiger partial charge in [0.15, 0.2) is 9.84 Å². The predicted octanol–water partition coefficient (Wildman–Crippen LogP) is 4.81. The molecule has 0 fully saturated rings. The predicted molar refractivity (Wildman–Crippen MR) is 125 cm³/mol. The summed E-state index contributed by atoms with van der Waals surface area (Å²) in [5.41, 5.74) is -0.801. The van der Waals surface area contributed by atoms with Gasteiger partial charge >= 0.3 is 5.97 Å². The number of carbonyl (C=O) groups is 2. The highest BCUT2D eigenvalue weighted by molar-refractivity contribution is 8.00. The fourth-order valence-corrected chi connectivity index (χ4v) is 6.23. The number of rotatable bonds is 5. The van der Waals surface area contributed by atoms with Crippen LogP contribution >= 0.6 is 23.2 Å². The van der Waals surface area contributed by atoms with Crippen LogP contribution in [0, 0.1) is 11.2 Å². The van der Waals surface area contributed by atoms with Crippen LogP contribution in [0.2, 0.25) is 10.0 Å². The Morgan fingerprint density at radius 2 is 1.91 bits per heavy atom. The van der Waals surface area contributed by atoms with E-state index in [0.29, 0.717) is 0 Å². The molecule has 11 heteroatoms. The molecule has 0 unspecified atom stereocenters. The second kappa shape index (κ2) is 8.70. The van der Waals surface area contributed by atoms with Gasteiger partial charge in [-0.05, 0) is 43.5 Å². The molecular formula is C22H21Cl2FN2O5S. The maximum Gasteiger partial charge on any atom is 0.309 e. The molecule has 0 atom stereocenters. The first kappa shape index (κ1) is 25.1. The van der Waals surface area contributed by atoms with E-state index in [0.717, 1.165) is 12.3 Å². The lowest BCUT2D eigenvalue weighted by atomic mass is 9.83. The molecule has 2 heterocycles. The monoisotopic (exact) mass is 514 g/mol. The van der Waals surface area contributed by atoms with Crippen molar-refractivity contribution < 1.29 is 27.5 Å². The van der Waals surface area contributed by atoms with Crippen molar-refractivity contribution in [3.8, 4) is 0 Å². The van der Waals surface area contributed by atoms with Gasteiger partial charge in [0.1, 0.15) is 5.82 Å². The quantitative estimate of drug-likeness (QED) is 0.613. The van der Waals surface area contributed by atoms with Crippen molar-refractivity contribution in [1.82, 2.24) is 4.98 Å². The fraction of sp³-hybridized carbons (Fsp3) is 0.318. The molecule has 2 aromatic rings. The molecule has 7 nitrogen and oxygen atoms in total. The summed E-state index contributed by atoms with van der Waals surface area (Å²) in [5, 5.41) is 9.72. The number of benzene rings is 1. The van der Waals surface area contributed by atoms with Crippen LogP contribution in [0.25, 0.3) is 10.5 Å². The molecule has 0 aliphatic carbocycles. The number of nitrogens with zero attached hydrogens (tertiary/aromatic N) is 2. The second-order valence-electron chi connectivity index (χ2n) is 8.43. The molecule has 0 bridgehead atoms. The Morgan fingerprint density at radius 3 is 2.48 bits per heavy atom. The van der Waals surface area contributed by atoms with Gasteiger partial charge in [-0.2, -0.15) is 0 Å². The van der Waals surface area contributed by atoms with E-state index in [1.54, 1.807) is 0 Å². The van der Waals surface area contributed by atoms with Crippen molar-refractivity contribution in [2.45, 2.75) is 32.9 Å². The molecule has 1 amide bonds. The molecule has 0 spiro atoms. The summed E-state index contributed by atoms with van der Waals surface area (Å²) < 4.78 is 40.7. The number of carboxylic acid groups (broad SMARTS) is 1. The van der Waals surface area contributed by atoms with Crippen molar-refractivity contribution in [3.05, 3.63) is 57.1 Å². The number of anilines is 1. The number of aromatic nitrogens is 1. The van der Waals surface area contributed by atoms with Crippen LogP contribution in [0.5, 0.6) is 0 Å². The van der Waals surface area contributed by atoms with Gasteiger partial charge in [0.25, 0.3) is 0 Å². The third-order valence-electron chi connectivity index (χ3n) is 5.47. The standard InChI is InChI=1S/C22H21Cl2FN2O5S/c1-11(28)27(4)19-16(23)6-5-14(17(19)24)20-15(8-22(2,3)21(29)30)18-12(10-33(20,31)32)7-13(25)9-26-18/h5-7,9H,8,10H2,1-4H3,(H,29,30). The maximum absolute atomic E-state index is 13.8. The van der Waals surface area contributed by atoms with E-state index >= 15 is 0 Å². The van der Waals surface area contributed by atoms with Gasteiger partial charge in [0.05, 0.1) is 43.7 Å². The molecule has 33 heavy (non-hydrogen) atoms. The smallest absolute Gasteiger partial charge is 0.309 e. The number of halogens is 3. The van der Waals surface area contributed by atoms with Crippen LogP contribution in [-0.2, 0) is 25.2 Å². The van der Waals surface area contributed by atoms with Crippen molar-refractivity contribution >= 4 is 61.1 Å². The first-order chi connectivity index (χ1) is 15.2. The lowest BCUT2D eigenvalue weighted by molar-refractivity contribution is -0.146. The number of pyridine rings is 1. The van der Waals surface area contributed by atoms with Crippen molar-refractivity contribution in [3.63, 3.8) is 0 Å². The summed E-state index contributed by atoms with van der Waals surface area (Å²) in [6.07, 6.45) is 0.722. The number of amides is 1. The number of fused-ring (bicyclic) bond motifs is 1. The third kappa shape index (κ3) is 4.62. The molecule has 1 aliphatic heterocycles. The first-order valence-electron chi connectivity index (χ1n) is 9.74. The summed E-state index contributed by atoms with van der Waals surface area (Å²) in [5.74, 6) is -2.79. The Labute approximate surface area is 200 Å². The number of allylic oxidation sites excluding steroid dienone is 1. The second-order valence-corrected chi connectivity index (χ2v) is 11.1. The molecule has 1 N–H and O–H groups in total. The van der Waals surface area contributed by atoms with Crippen molar-refractivity contribution in [1.29, 1.82) is 0 Å². The molecule has 0 saturated carbocycles. The van der Waals surface area contributed by atoms with Crippen molar-refractivity contribution in [2.24, 2.45) is 5.41 Å². The molecule has 1 aromatic heterocycles. The van der Waals surface area contributed by atoms with Gasteiger partial charge in [0.2, 0.25) is 5.91 Å². The highest BCUT2D eigenvalue weighted by Gasteiger charge is 2.39. The van der Waals surface area contributed by atoms with Crippen LogP contribution in [0.15, 0.2) is 24.4 Å². The van der Waals surface area contributed by atoms with E-state index in [-0.39, 0.29) is 55.4 Å². The number of carboxylic acids is 1. The number of carbonyl (C=O) groups excluding carboxylic acids is 1. The van der Waals surface area contributed by atoms with Gasteiger partial charge in [-0.25, -0.2) is 12.8 Å². The number of hydrogen-bond acceptors (Lipinski definition) is 5. The normalized spacial score (nSPS) is 15.2. The van der Waals surface area contributed by atoms with E-state index in [4.69, 9.17) is 23.2 Å². The Hall–Kier alpha value is -2.49. The largest absolute Gasteiger partial charge is 0.481 e. The summed E-state index contributed by atoms with van der Waals surface area (Å²) >= 11 is 12.8. The minimum Gasteiger partial charge on any atom is -0.481 e. The van der Waals surface area contributed by atoms with E-state index in [1.807, 2.05) is 0 Å². The number of hydrogen-bond donors (Lipinski definition) is 1. The van der Waals surface area contributed by atoms with Gasteiger partial charge < -0.3 is 10.0 Å². The van der Waals surface area contributed by atoms with Crippen LogP contribution < -0.4 is 4.90 Å². The molecule has 1 aromatic carbocycles. The van der Waals surface area contributed by atoms with E-state index in [2.05, 4.69) is 4.98 Å². The highest BCUT2D eigenvalue weighted by atomic mass is 35.5. The minimum atomic E-state index is -4.10. The van der Waals surface area contributed by atoms with Gasteiger partial charge in [-0.1, -0.05) is 29.3 Å². The topological polar surface area (TPSA) is 105 Å². The SMILES string of the molecule is CC(=O)N(C)c1c(Cl)ccc(C2=C(CC(C)(C)C(=O)O)c3ncc(F)cc3CS2(=O)=O)c1Cl. The zero-order valence-corrected chi connectivity index (χ0v) is 20.6. The number of sulfone groups is 1. The molecule has 0 radical (unpaired) electrons. The zero-order valence-electron chi connectivity index (χ0n) is 18.2. The molecule has 1 aliphatic rings. The Kier molecular flexibility index (Phi) is 6.63. The van der Waals surface area contributed by atoms with Gasteiger partial charge in [-0.15, -0.1) is 0 Å². The lowest BCUT2D eigenvalue weighted by Gasteiger charge is -2.29. The van der Waals surface area contributed by atoms with E-state index in [1.165, 1.54) is 44.9 Å². The van der Waals surface area contributed by atoms with Gasteiger partial charge in [0, 0.05) is 19.5 Å². The third-order valence-corrected chi connectivity index (χ3v) is 7.93. The van der Waals surface area contributed by atoms with Crippen LogP contribution in [-0.4, -0.2) is 37.4 Å². The summed E-state index contributed by atoms with van der Waals surface area (Å²) in [6, 6.07) is 3.88. The molecule has 176 valence electrons. The van der Waals surface area contributed by atoms with Crippen LogP contribution in [0.3, 0.4) is 0 Å². The van der Waals surface area contributed by atoms with Gasteiger partial charge in [-0.3, -0.25) is 14.6 Å². The number of aliphatic carboxylic acids is 1. The lowest BCUT2D eigenvalue weighted by Crippen LogP contribution is -2.27. The molecule has 3 rings (SSSR count). The zero-order chi connectivity index (χ0) is 24.9. The average molecular weight is 515 g/mol. The van der Waals surface area contributed by atoms with Crippen LogP contribution in [0.4, 0.5) is 10.1 Å². The molecule has 0 saturated heterocycles. The first-order valence-corrected chi connectivity index (χ1v) is 12.1. The van der Waals surface area contributed by atoms with Crippen molar-refractivity contribution in [2.75, 3.05) is 11.9 Å². The Bertz CT molecular complexity index is 1320. The summed E-state index contributed by atoms with van der Waals surface area (Å²) in [6.45, 7) is 4.19. The maximum atomic E-state index is 13.8. The average Bonchev–Trinajstić information content (AvgIpc) is 2.67. The summed E-state index contributed by atoms with van der Waals surface area (Å²) in [4.78, 5) is 28.9. The van der Waals surface area contributed by atoms with Crippen LogP contribution in [0.1, 0.15) is 44.0 Å². The van der Waals surface area contributed by atoms with E-state index in [9.17, 15) is 27.5 Å². The Balaban J connectivity index is 2.44. The fourth-order valence-electron chi connectivity index (χ4n) is 3.63. The summed E-state index contributed by atoms with van der Waals surface area (Å²) in [7, 11) is -2.66. The highest BCUT2D eigenvalue weighted by Crippen LogP contribution is 2.48.